The number of rotatable bonds is 0. The highest BCUT2D eigenvalue weighted by Crippen LogP contribution is 1.85. The van der Waals surface area contributed by atoms with Gasteiger partial charge in [-0.05, 0) is 4.74 Å². The van der Waals surface area contributed by atoms with Crippen LogP contribution in [-0.2, 0) is 4.84 Å². The minimum atomic E-state index is 0.858. The molecule has 0 amide bonds. The summed E-state index contributed by atoms with van der Waals surface area (Å²) in [6.07, 6.45) is 3.08. The van der Waals surface area contributed by atoms with Crippen molar-refractivity contribution in [3.8, 4) is 0 Å². The lowest BCUT2D eigenvalue weighted by Crippen LogP contribution is -1.96. The van der Waals surface area contributed by atoms with E-state index in [2.05, 4.69) is 0 Å². The zero-order valence-electron chi connectivity index (χ0n) is 3.85. The molecule has 1 rings (SSSR count). The molecule has 0 N–H and O–H groups in total. The quantitative estimate of drug-likeness (QED) is 0.379. The van der Waals surface area contributed by atoms with E-state index < -0.39 is 0 Å². The third-order valence-corrected chi connectivity index (χ3v) is 0.799. The fraction of sp³-hybridized carbons (Fsp3) is 0.750. The van der Waals surface area contributed by atoms with Gasteiger partial charge in [0.15, 0.2) is 19.9 Å². The summed E-state index contributed by atoms with van der Waals surface area (Å²) >= 11 is 0. The van der Waals surface area contributed by atoms with E-state index in [0.717, 1.165) is 13.0 Å². The minimum absolute atomic E-state index is 0.858. The van der Waals surface area contributed by atoms with E-state index >= 15 is 0 Å². The van der Waals surface area contributed by atoms with Crippen LogP contribution in [0.15, 0.2) is 0 Å². The first-order chi connectivity index (χ1) is 2.89. The molecule has 0 radical (unpaired) electrons. The number of nitrogens with zero attached hydrogens (tertiary/aromatic N) is 1. The van der Waals surface area contributed by atoms with Gasteiger partial charge in [-0.15, -0.1) is 0 Å². The molecule has 1 heterocycles. The molecule has 2 nitrogen and oxygen atoms in total. The van der Waals surface area contributed by atoms with Crippen molar-refractivity contribution in [2.24, 2.45) is 0 Å². The maximum Gasteiger partial charge on any atom is 0.195 e. The number of hydroxylamine groups is 1. The summed E-state index contributed by atoms with van der Waals surface area (Å²) in [6.45, 7) is 0.858. The fourth-order valence-corrected chi connectivity index (χ4v) is 0.484. The van der Waals surface area contributed by atoms with Gasteiger partial charge in [0.05, 0.1) is 6.42 Å². The van der Waals surface area contributed by atoms with Crippen molar-refractivity contribution in [3.05, 3.63) is 0 Å². The molecule has 0 fully saturated rings. The maximum absolute atomic E-state index is 4.93. The van der Waals surface area contributed by atoms with Crippen LogP contribution in [0.2, 0.25) is 0 Å². The molecule has 34 valence electrons. The van der Waals surface area contributed by atoms with Gasteiger partial charge in [-0.25, -0.2) is 0 Å². The van der Waals surface area contributed by atoms with Crippen LogP contribution in [0.4, 0.5) is 0 Å². The van der Waals surface area contributed by atoms with Crippen LogP contribution >= 0.6 is 0 Å². The molecule has 0 aromatic rings. The van der Waals surface area contributed by atoms with Crippen molar-refractivity contribution in [1.82, 2.24) is 0 Å². The topological polar surface area (TPSA) is 12.2 Å². The van der Waals surface area contributed by atoms with E-state index in [1.165, 1.54) is 0 Å². The van der Waals surface area contributed by atoms with Gasteiger partial charge in [0, 0.05) is 0 Å². The second kappa shape index (κ2) is 1.29. The molecule has 1 aliphatic heterocycles. The van der Waals surface area contributed by atoms with Crippen molar-refractivity contribution in [3.63, 3.8) is 0 Å². The van der Waals surface area contributed by atoms with E-state index in [1.54, 1.807) is 4.74 Å². The highest BCUT2D eigenvalue weighted by atomic mass is 16.7. The van der Waals surface area contributed by atoms with Gasteiger partial charge in [0.25, 0.3) is 0 Å². The van der Waals surface area contributed by atoms with E-state index in [0.29, 0.717) is 0 Å². The highest BCUT2D eigenvalue weighted by Gasteiger charge is 2.03. The number of hydrogen-bond acceptors (Lipinski definition) is 1. The van der Waals surface area contributed by atoms with Gasteiger partial charge in [-0.3, -0.25) is 4.84 Å². The average molecular weight is 86.1 g/mol. The summed E-state index contributed by atoms with van der Waals surface area (Å²) < 4.78 is 1.74. The Kier molecular flexibility index (Phi) is 0.783. The predicted molar refractivity (Wildman–Crippen MR) is 22.8 cm³/mol. The summed E-state index contributed by atoms with van der Waals surface area (Å²) in [5.41, 5.74) is 0. The molecule has 1 aliphatic rings. The monoisotopic (exact) mass is 86.1 g/mol. The first-order valence-corrected chi connectivity index (χ1v) is 2.08. The second-order valence-corrected chi connectivity index (χ2v) is 1.35. The molecule has 0 atom stereocenters. The summed E-state index contributed by atoms with van der Waals surface area (Å²) in [6, 6.07) is 0. The van der Waals surface area contributed by atoms with Gasteiger partial charge < -0.3 is 0 Å². The largest absolute Gasteiger partial charge is 0.277 e. The summed E-state index contributed by atoms with van der Waals surface area (Å²) in [5.74, 6) is 0. The summed E-state index contributed by atoms with van der Waals surface area (Å²) in [4.78, 5) is 4.93. The first-order valence-electron chi connectivity index (χ1n) is 2.08. The van der Waals surface area contributed by atoms with Crippen molar-refractivity contribution in [2.75, 3.05) is 13.7 Å². The van der Waals surface area contributed by atoms with Crippen LogP contribution in [0.5, 0.6) is 0 Å². The standard InChI is InChI=1S/C4H8NO/c1-5-3-2-4-6-5/h3H,2,4H2,1H3/q+1. The summed E-state index contributed by atoms with van der Waals surface area (Å²) in [7, 11) is 1.90. The SMILES string of the molecule is C[N+]1=CCCO1. The zero-order chi connectivity index (χ0) is 4.41. The first kappa shape index (κ1) is 3.65. The maximum atomic E-state index is 4.93. The molecule has 0 bridgehead atoms. The van der Waals surface area contributed by atoms with Gasteiger partial charge in [0.1, 0.15) is 0 Å². The van der Waals surface area contributed by atoms with Crippen LogP contribution in [0.3, 0.4) is 0 Å². The van der Waals surface area contributed by atoms with Crippen LogP contribution in [-0.4, -0.2) is 24.6 Å². The Morgan fingerprint density at radius 1 is 1.83 bits per heavy atom. The molecule has 0 saturated carbocycles. The van der Waals surface area contributed by atoms with Crippen molar-refractivity contribution in [1.29, 1.82) is 0 Å². The molecule has 0 aromatic carbocycles. The molecule has 0 aromatic heterocycles. The Morgan fingerprint density at radius 2 is 2.67 bits per heavy atom. The molecular weight excluding hydrogens is 78.0 g/mol. The lowest BCUT2D eigenvalue weighted by molar-refractivity contribution is -0.755. The highest BCUT2D eigenvalue weighted by molar-refractivity contribution is 5.51. The van der Waals surface area contributed by atoms with Crippen molar-refractivity contribution >= 4 is 6.21 Å². The molecule has 0 aliphatic carbocycles. The smallest absolute Gasteiger partial charge is 0.195 e. The minimum Gasteiger partial charge on any atom is -0.277 e. The lowest BCUT2D eigenvalue weighted by atomic mass is 10.5. The van der Waals surface area contributed by atoms with Crippen LogP contribution in [0, 0.1) is 0 Å². The average Bonchev–Trinajstić information content (AvgIpc) is 1.86. The molecule has 0 spiro atoms. The van der Waals surface area contributed by atoms with Crippen LogP contribution in [0.1, 0.15) is 6.42 Å². The van der Waals surface area contributed by atoms with Gasteiger partial charge in [-0.2, -0.15) is 0 Å². The Balaban J connectivity index is 2.45. The Hall–Kier alpha value is -0.530. The molecular formula is C4H8NO+. The summed E-state index contributed by atoms with van der Waals surface area (Å²) in [5, 5.41) is 0. The lowest BCUT2D eigenvalue weighted by Gasteiger charge is -1.80. The zero-order valence-corrected chi connectivity index (χ0v) is 3.85. The predicted octanol–water partition coefficient (Wildman–Crippen LogP) is 0.0348. The van der Waals surface area contributed by atoms with E-state index in [1.807, 2.05) is 13.3 Å². The third-order valence-electron chi connectivity index (χ3n) is 0.799. The normalized spacial score (nSPS) is 19.8. The molecule has 6 heavy (non-hydrogen) atoms. The van der Waals surface area contributed by atoms with Gasteiger partial charge in [-0.1, -0.05) is 0 Å². The molecule has 2 heteroatoms. The third kappa shape index (κ3) is 0.506. The second-order valence-electron chi connectivity index (χ2n) is 1.35. The van der Waals surface area contributed by atoms with Gasteiger partial charge in [0.2, 0.25) is 0 Å². The fourth-order valence-electron chi connectivity index (χ4n) is 0.484. The van der Waals surface area contributed by atoms with E-state index in [4.69, 9.17) is 4.84 Å². The van der Waals surface area contributed by atoms with Crippen LogP contribution in [0.25, 0.3) is 0 Å². The Morgan fingerprint density at radius 3 is 2.83 bits per heavy atom. The Bertz CT molecular complexity index is 77.6. The number of hydrogen-bond donors (Lipinski definition) is 0. The van der Waals surface area contributed by atoms with E-state index in [9.17, 15) is 0 Å². The van der Waals surface area contributed by atoms with Crippen molar-refractivity contribution in [2.45, 2.75) is 6.42 Å². The van der Waals surface area contributed by atoms with E-state index in [-0.39, 0.29) is 0 Å². The molecule has 0 unspecified atom stereocenters. The Labute approximate surface area is 37.0 Å². The van der Waals surface area contributed by atoms with Gasteiger partial charge >= 0.3 is 0 Å². The molecule has 0 saturated heterocycles. The van der Waals surface area contributed by atoms with Crippen LogP contribution < -0.4 is 0 Å². The van der Waals surface area contributed by atoms with Crippen molar-refractivity contribution < 1.29 is 9.58 Å².